The summed E-state index contributed by atoms with van der Waals surface area (Å²) in [7, 11) is -3.29. The van der Waals surface area contributed by atoms with Gasteiger partial charge in [0.05, 0.1) is 13.8 Å². The van der Waals surface area contributed by atoms with E-state index >= 15 is 0 Å². The predicted molar refractivity (Wildman–Crippen MR) is 132 cm³/mol. The lowest BCUT2D eigenvalue weighted by atomic mass is 10.1. The molecule has 1 saturated heterocycles. The molecule has 31 heavy (non-hydrogen) atoms. The van der Waals surface area contributed by atoms with E-state index in [9.17, 15) is 8.42 Å². The maximum Gasteiger partial charge on any atom is 0.397 e. The summed E-state index contributed by atoms with van der Waals surface area (Å²) in [5, 5.41) is 0. The summed E-state index contributed by atoms with van der Waals surface area (Å²) in [6, 6.07) is 0. The minimum Gasteiger partial charge on any atom is -0.289 e. The third kappa shape index (κ3) is 22.5. The Balaban J connectivity index is 0.00000131. The van der Waals surface area contributed by atoms with Crippen LogP contribution in [0, 0.1) is 0 Å². The van der Waals surface area contributed by atoms with Gasteiger partial charge >= 0.3 is 10.4 Å². The fourth-order valence-corrected chi connectivity index (χ4v) is 3.73. The molecule has 6 nitrogen and oxygen atoms in total. The predicted octanol–water partition coefficient (Wildman–Crippen LogP) is 6.05. The quantitative estimate of drug-likeness (QED) is 0.152. The standard InChI is InChI=1S/C23H46N2.CH4O4S/c1-3-5-6-7-8-9-10-11-12-13-14-15-16-17-18-19-20-25-22-21-24(4-2)23-25;1-5-6(2,3)4/h11-12H,3-10,13-23H2,1-2H3;1H3,(H,2,3,4)/b12-11-;. The van der Waals surface area contributed by atoms with Gasteiger partial charge in [-0.1, -0.05) is 83.8 Å². The van der Waals surface area contributed by atoms with Gasteiger partial charge in [-0.2, -0.15) is 8.42 Å². The van der Waals surface area contributed by atoms with Gasteiger partial charge in [0, 0.05) is 13.1 Å². The maximum absolute atomic E-state index is 9.33. The van der Waals surface area contributed by atoms with Crippen molar-refractivity contribution < 1.29 is 17.2 Å². The second kappa shape index (κ2) is 21.4. The van der Waals surface area contributed by atoms with Crippen LogP contribution in [0.5, 0.6) is 0 Å². The summed E-state index contributed by atoms with van der Waals surface area (Å²) in [5.41, 5.74) is 0. The van der Waals surface area contributed by atoms with E-state index in [1.807, 2.05) is 0 Å². The molecule has 0 aliphatic carbocycles. The summed E-state index contributed by atoms with van der Waals surface area (Å²) in [5.74, 6) is 0. The average Bonchev–Trinajstić information content (AvgIpc) is 3.21. The van der Waals surface area contributed by atoms with Gasteiger partial charge in [-0.25, -0.2) is 0 Å². The van der Waals surface area contributed by atoms with Gasteiger partial charge in [0.15, 0.2) is 0 Å². The average molecular weight is 463 g/mol. The number of unbranched alkanes of at least 4 members (excludes halogenated alkanes) is 12. The third-order valence-electron chi connectivity index (χ3n) is 5.78. The van der Waals surface area contributed by atoms with Gasteiger partial charge in [0.2, 0.25) is 0 Å². The molecule has 0 amide bonds. The summed E-state index contributed by atoms with van der Waals surface area (Å²) >= 11 is 0. The SMILES string of the molecule is CCCCCCCC/C=C\CCCCCCCCN1CCN(CC)C1.COS(=O)(=O)O. The summed E-state index contributed by atoms with van der Waals surface area (Å²) in [4.78, 5) is 5.16. The van der Waals surface area contributed by atoms with Crippen LogP contribution in [0.4, 0.5) is 0 Å². The number of allylic oxidation sites excluding steroid dienone is 2. The topological polar surface area (TPSA) is 70.1 Å². The Bertz CT molecular complexity index is 512. The molecule has 0 atom stereocenters. The molecule has 0 radical (unpaired) electrons. The van der Waals surface area contributed by atoms with E-state index < -0.39 is 10.4 Å². The Hall–Kier alpha value is -0.470. The molecule has 1 aliphatic heterocycles. The van der Waals surface area contributed by atoms with Crippen molar-refractivity contribution in [2.75, 3.05) is 40.0 Å². The van der Waals surface area contributed by atoms with E-state index in [1.54, 1.807) is 0 Å². The van der Waals surface area contributed by atoms with Crippen LogP contribution < -0.4 is 0 Å². The highest BCUT2D eigenvalue weighted by atomic mass is 32.3. The molecular weight excluding hydrogens is 412 g/mol. The van der Waals surface area contributed by atoms with Crippen LogP contribution in [0.2, 0.25) is 0 Å². The Morgan fingerprint density at radius 3 is 1.68 bits per heavy atom. The molecule has 0 saturated carbocycles. The van der Waals surface area contributed by atoms with Crippen molar-refractivity contribution in [1.82, 2.24) is 9.80 Å². The zero-order valence-corrected chi connectivity index (χ0v) is 21.4. The van der Waals surface area contributed by atoms with E-state index in [1.165, 1.54) is 123 Å². The van der Waals surface area contributed by atoms with Gasteiger partial charge in [0.25, 0.3) is 0 Å². The lowest BCUT2D eigenvalue weighted by Gasteiger charge is -2.16. The molecule has 186 valence electrons. The zero-order valence-electron chi connectivity index (χ0n) is 20.6. The second-order valence-corrected chi connectivity index (χ2v) is 9.69. The Morgan fingerprint density at radius 1 is 0.774 bits per heavy atom. The molecule has 1 fully saturated rings. The molecule has 0 unspecified atom stereocenters. The first-order valence-corrected chi connectivity index (χ1v) is 13.9. The monoisotopic (exact) mass is 462 g/mol. The van der Waals surface area contributed by atoms with Crippen LogP contribution in [0.25, 0.3) is 0 Å². The van der Waals surface area contributed by atoms with Gasteiger partial charge in [0.1, 0.15) is 0 Å². The molecule has 0 aromatic rings. The highest BCUT2D eigenvalue weighted by Gasteiger charge is 2.16. The summed E-state index contributed by atoms with van der Waals surface area (Å²) in [6.07, 6.45) is 24.5. The molecule has 0 spiro atoms. The van der Waals surface area contributed by atoms with Crippen molar-refractivity contribution in [2.24, 2.45) is 0 Å². The number of nitrogens with zero attached hydrogens (tertiary/aromatic N) is 2. The van der Waals surface area contributed by atoms with Gasteiger partial charge in [-0.3, -0.25) is 18.5 Å². The van der Waals surface area contributed by atoms with Crippen LogP contribution in [-0.2, 0) is 14.6 Å². The molecule has 1 N–H and O–H groups in total. The van der Waals surface area contributed by atoms with Crippen LogP contribution in [0.1, 0.15) is 104 Å². The third-order valence-corrected chi connectivity index (χ3v) is 6.20. The van der Waals surface area contributed by atoms with Gasteiger partial charge in [-0.15, -0.1) is 0 Å². The fourth-order valence-electron chi connectivity index (χ4n) is 3.73. The van der Waals surface area contributed by atoms with Crippen LogP contribution in [-0.4, -0.2) is 62.7 Å². The Morgan fingerprint density at radius 2 is 1.23 bits per heavy atom. The number of hydrogen-bond donors (Lipinski definition) is 1. The van der Waals surface area contributed by atoms with E-state index in [-0.39, 0.29) is 0 Å². The smallest absolute Gasteiger partial charge is 0.289 e. The number of rotatable bonds is 18. The van der Waals surface area contributed by atoms with Crippen molar-refractivity contribution >= 4 is 10.4 Å². The number of hydrogen-bond acceptors (Lipinski definition) is 5. The maximum atomic E-state index is 9.33. The fraction of sp³-hybridized carbons (Fsp3) is 0.917. The highest BCUT2D eigenvalue weighted by Crippen LogP contribution is 2.11. The first-order chi connectivity index (χ1) is 14.9. The summed E-state index contributed by atoms with van der Waals surface area (Å²) < 4.78 is 29.7. The molecule has 7 heteroatoms. The van der Waals surface area contributed by atoms with E-state index in [4.69, 9.17) is 4.55 Å². The second-order valence-electron chi connectivity index (χ2n) is 8.50. The molecule has 1 rings (SSSR count). The largest absolute Gasteiger partial charge is 0.397 e. The van der Waals surface area contributed by atoms with Crippen LogP contribution in [0.15, 0.2) is 12.2 Å². The van der Waals surface area contributed by atoms with Crippen molar-refractivity contribution in [3.05, 3.63) is 12.2 Å². The first kappa shape index (κ1) is 30.5. The molecule has 0 aromatic heterocycles. The minimum absolute atomic E-state index is 0.870. The minimum atomic E-state index is -4.16. The Kier molecular flexibility index (Phi) is 21.1. The summed E-state index contributed by atoms with van der Waals surface area (Å²) in [6.45, 7) is 10.9. The van der Waals surface area contributed by atoms with Crippen LogP contribution >= 0.6 is 0 Å². The van der Waals surface area contributed by atoms with E-state index in [0.717, 1.165) is 7.11 Å². The van der Waals surface area contributed by atoms with E-state index in [2.05, 4.69) is 40.0 Å². The first-order valence-electron chi connectivity index (χ1n) is 12.6. The van der Waals surface area contributed by atoms with Crippen molar-refractivity contribution in [3.8, 4) is 0 Å². The van der Waals surface area contributed by atoms with Crippen molar-refractivity contribution in [2.45, 2.75) is 104 Å². The molecule has 0 aromatic carbocycles. The lowest BCUT2D eigenvalue weighted by Crippen LogP contribution is -2.26. The lowest BCUT2D eigenvalue weighted by molar-refractivity contribution is 0.249. The molecule has 1 aliphatic rings. The molecular formula is C24H50N2O4S. The molecule has 0 bridgehead atoms. The Labute approximate surface area is 193 Å². The highest BCUT2D eigenvalue weighted by molar-refractivity contribution is 7.80. The number of likely N-dealkylation sites (N-methyl/N-ethyl adjacent to an activating group) is 1. The van der Waals surface area contributed by atoms with Gasteiger partial charge in [-0.05, 0) is 45.2 Å². The van der Waals surface area contributed by atoms with Crippen molar-refractivity contribution in [1.29, 1.82) is 0 Å². The normalized spacial score (nSPS) is 15.5. The van der Waals surface area contributed by atoms with Gasteiger partial charge < -0.3 is 0 Å². The van der Waals surface area contributed by atoms with Crippen molar-refractivity contribution in [3.63, 3.8) is 0 Å². The van der Waals surface area contributed by atoms with Crippen LogP contribution in [0.3, 0.4) is 0 Å². The molecule has 1 heterocycles. The van der Waals surface area contributed by atoms with E-state index in [0.29, 0.717) is 0 Å². The zero-order chi connectivity index (χ0) is 23.2.